The fraction of sp³-hybridized carbons (Fsp3) is 0.0833. The second-order valence-electron chi connectivity index (χ2n) is 11.6. The fourth-order valence-electron chi connectivity index (χ4n) is 5.95. The van der Waals surface area contributed by atoms with E-state index in [0.717, 1.165) is 22.4 Å². The summed E-state index contributed by atoms with van der Waals surface area (Å²) in [7, 11) is 0.777. The Hall–Kier alpha value is -4.36. The largest absolute Gasteiger partial charge is 4.00 e. The number of benzene rings is 6. The molecule has 0 nitrogen and oxygen atoms in total. The Kier molecular flexibility index (Phi) is 16.3. The molecule has 0 aliphatic heterocycles. The molecule has 50 heavy (non-hydrogen) atoms. The number of rotatable bonds is 6. The molecular formula is C48H46SiZr. The van der Waals surface area contributed by atoms with Crippen molar-refractivity contribution in [2.75, 3.05) is 0 Å². The normalized spacial score (nSPS) is 9.96. The van der Waals surface area contributed by atoms with E-state index >= 15 is 0 Å². The SMILES string of the molecule is CCc1cc2c(-c3ccccc3)cccc2[cH-]1.CCc1cc2c(-c3ccccc3)cccc2[cH-]1.[CH3-].[CH3-].[Zr+4].c1ccc([Si]c2ccccc2)cc1. The number of hydrogen-bond acceptors (Lipinski definition) is 0. The topological polar surface area (TPSA) is 0 Å². The van der Waals surface area contributed by atoms with Crippen LogP contribution in [-0.2, 0) is 39.0 Å². The first-order chi connectivity index (χ1) is 23.2. The van der Waals surface area contributed by atoms with E-state index in [1.807, 2.05) is 0 Å². The molecule has 0 unspecified atom stereocenters. The molecule has 0 fully saturated rings. The predicted octanol–water partition coefficient (Wildman–Crippen LogP) is 11.8. The quantitative estimate of drug-likeness (QED) is 0.118. The maximum absolute atomic E-state index is 2.32. The van der Waals surface area contributed by atoms with Gasteiger partial charge in [-0.05, 0) is 24.0 Å². The van der Waals surface area contributed by atoms with Gasteiger partial charge in [0.2, 0.25) is 0 Å². The minimum Gasteiger partial charge on any atom is -0.358 e. The summed E-state index contributed by atoms with van der Waals surface area (Å²) in [5.41, 5.74) is 8.11. The van der Waals surface area contributed by atoms with Gasteiger partial charge in [-0.3, -0.25) is 0 Å². The van der Waals surface area contributed by atoms with Crippen molar-refractivity contribution >= 4 is 41.4 Å². The summed E-state index contributed by atoms with van der Waals surface area (Å²) in [6.07, 6.45) is 2.20. The standard InChI is InChI=1S/2C17H15.C12H10Si.2CH3.Zr/c2*1-2-13-11-15-9-6-10-16(17(15)12-13)14-7-4-3-5-8-14;1-3-7-11(8-4-1)13-12-9-5-2-6-10-12;;;/h2*3-12H,2H2,1H3;1-10H;2*1H3;/q2*-1;;2*-1;+4. The summed E-state index contributed by atoms with van der Waals surface area (Å²) in [6, 6.07) is 64.7. The Labute approximate surface area is 322 Å². The van der Waals surface area contributed by atoms with Crippen molar-refractivity contribution in [3.8, 4) is 22.3 Å². The minimum atomic E-state index is 0. The second-order valence-corrected chi connectivity index (χ2v) is 13.0. The van der Waals surface area contributed by atoms with E-state index in [1.54, 1.807) is 0 Å². The smallest absolute Gasteiger partial charge is 0.358 e. The van der Waals surface area contributed by atoms with Crippen molar-refractivity contribution in [2.45, 2.75) is 26.7 Å². The van der Waals surface area contributed by atoms with Crippen LogP contribution < -0.4 is 10.4 Å². The average Bonchev–Trinajstić information content (AvgIpc) is 3.78. The first-order valence-corrected chi connectivity index (χ1v) is 17.6. The summed E-state index contributed by atoms with van der Waals surface area (Å²) >= 11 is 0. The first-order valence-electron chi connectivity index (χ1n) is 16.6. The monoisotopic (exact) mass is 740 g/mol. The maximum atomic E-state index is 2.32. The van der Waals surface area contributed by atoms with Gasteiger partial charge < -0.3 is 14.9 Å². The zero-order valence-corrected chi connectivity index (χ0v) is 33.2. The summed E-state index contributed by atoms with van der Waals surface area (Å²) in [5.74, 6) is 0. The summed E-state index contributed by atoms with van der Waals surface area (Å²) in [4.78, 5) is 0. The van der Waals surface area contributed by atoms with Crippen molar-refractivity contribution in [3.63, 3.8) is 0 Å². The molecule has 8 rings (SSSR count). The van der Waals surface area contributed by atoms with Gasteiger partial charge in [0.15, 0.2) is 0 Å². The number of fused-ring (bicyclic) bond motifs is 2. The summed E-state index contributed by atoms with van der Waals surface area (Å²) in [6.45, 7) is 4.41. The van der Waals surface area contributed by atoms with Crippen LogP contribution in [0.25, 0.3) is 43.8 Å². The van der Waals surface area contributed by atoms with Crippen molar-refractivity contribution in [1.29, 1.82) is 0 Å². The Bertz CT molecular complexity index is 1950. The fourth-order valence-corrected chi connectivity index (χ4v) is 7.00. The van der Waals surface area contributed by atoms with Crippen molar-refractivity contribution < 1.29 is 26.2 Å². The molecule has 2 heteroatoms. The van der Waals surface area contributed by atoms with Crippen LogP contribution in [0.1, 0.15) is 25.0 Å². The van der Waals surface area contributed by atoms with Gasteiger partial charge in [0.25, 0.3) is 0 Å². The molecule has 0 N–H and O–H groups in total. The van der Waals surface area contributed by atoms with Crippen molar-refractivity contribution in [3.05, 3.63) is 208 Å². The molecule has 0 amide bonds. The Morgan fingerprint density at radius 1 is 0.420 bits per heavy atom. The average molecular weight is 742 g/mol. The summed E-state index contributed by atoms with van der Waals surface area (Å²) in [5, 5.41) is 8.24. The number of hydrogen-bond donors (Lipinski definition) is 0. The van der Waals surface area contributed by atoms with Crippen LogP contribution in [0.2, 0.25) is 0 Å². The van der Waals surface area contributed by atoms with E-state index in [1.165, 1.54) is 65.3 Å². The van der Waals surface area contributed by atoms with Crippen LogP contribution in [-0.4, -0.2) is 9.52 Å². The zero-order valence-electron chi connectivity index (χ0n) is 29.7. The number of aryl methyl sites for hydroxylation is 2. The minimum absolute atomic E-state index is 0. The van der Waals surface area contributed by atoms with Crippen LogP contribution >= 0.6 is 0 Å². The predicted molar refractivity (Wildman–Crippen MR) is 219 cm³/mol. The van der Waals surface area contributed by atoms with E-state index in [4.69, 9.17) is 0 Å². The van der Waals surface area contributed by atoms with Crippen LogP contribution in [0.5, 0.6) is 0 Å². The van der Waals surface area contributed by atoms with Crippen LogP contribution in [0.15, 0.2) is 182 Å². The van der Waals surface area contributed by atoms with E-state index in [-0.39, 0.29) is 41.1 Å². The molecule has 0 aliphatic rings. The van der Waals surface area contributed by atoms with Gasteiger partial charge in [0, 0.05) is 0 Å². The van der Waals surface area contributed by atoms with Gasteiger partial charge in [-0.1, -0.05) is 169 Å². The molecule has 8 aromatic carbocycles. The Balaban J connectivity index is 0.000000199. The van der Waals surface area contributed by atoms with Crippen molar-refractivity contribution in [2.24, 2.45) is 0 Å². The maximum Gasteiger partial charge on any atom is 4.00 e. The van der Waals surface area contributed by atoms with Gasteiger partial charge in [-0.25, -0.2) is 0 Å². The zero-order chi connectivity index (χ0) is 32.3. The molecule has 0 heterocycles. The first kappa shape index (κ1) is 40.1. The van der Waals surface area contributed by atoms with E-state index < -0.39 is 0 Å². The third-order valence-corrected chi connectivity index (χ3v) is 9.69. The molecule has 2 radical (unpaired) electrons. The Morgan fingerprint density at radius 3 is 1.10 bits per heavy atom. The Morgan fingerprint density at radius 2 is 0.760 bits per heavy atom. The molecule has 0 saturated heterocycles. The molecule has 0 atom stereocenters. The molecule has 0 spiro atoms. The van der Waals surface area contributed by atoms with E-state index in [9.17, 15) is 0 Å². The molecule has 0 aliphatic carbocycles. The molecule has 246 valence electrons. The van der Waals surface area contributed by atoms with Gasteiger partial charge in [0.05, 0.1) is 0 Å². The molecule has 0 bridgehead atoms. The van der Waals surface area contributed by atoms with Gasteiger partial charge in [-0.15, -0.1) is 69.1 Å². The second kappa shape index (κ2) is 20.3. The molecule has 8 aromatic rings. The van der Waals surface area contributed by atoms with Crippen LogP contribution in [0.4, 0.5) is 0 Å². The van der Waals surface area contributed by atoms with Crippen LogP contribution in [0.3, 0.4) is 0 Å². The van der Waals surface area contributed by atoms with Crippen molar-refractivity contribution in [1.82, 2.24) is 0 Å². The molecular weight excluding hydrogens is 696 g/mol. The molecule has 0 aromatic heterocycles. The van der Waals surface area contributed by atoms with Gasteiger partial charge >= 0.3 is 26.2 Å². The summed E-state index contributed by atoms with van der Waals surface area (Å²) < 4.78 is 0. The third kappa shape index (κ3) is 10.3. The third-order valence-electron chi connectivity index (χ3n) is 8.44. The van der Waals surface area contributed by atoms with Gasteiger partial charge in [-0.2, -0.15) is 12.1 Å². The van der Waals surface area contributed by atoms with Crippen LogP contribution in [0, 0.1) is 14.9 Å². The van der Waals surface area contributed by atoms with Gasteiger partial charge in [0.1, 0.15) is 9.52 Å². The van der Waals surface area contributed by atoms with E-state index in [2.05, 4.69) is 196 Å². The van der Waals surface area contributed by atoms with E-state index in [0.29, 0.717) is 0 Å². The molecule has 0 saturated carbocycles.